The van der Waals surface area contributed by atoms with Gasteiger partial charge >= 0.3 is 0 Å². The lowest BCUT2D eigenvalue weighted by Crippen LogP contribution is -2.27. The Morgan fingerprint density at radius 2 is 1.92 bits per heavy atom. The molecule has 1 aliphatic heterocycles. The highest BCUT2D eigenvalue weighted by Crippen LogP contribution is 2.39. The fourth-order valence-electron chi connectivity index (χ4n) is 3.83. The van der Waals surface area contributed by atoms with Crippen molar-refractivity contribution in [2.45, 2.75) is 24.8 Å². The number of carbonyl (C=O) groups excluding carboxylic acids is 1. The van der Waals surface area contributed by atoms with E-state index in [2.05, 4.69) is 6.58 Å². The minimum atomic E-state index is -0.139. The first-order valence-corrected chi connectivity index (χ1v) is 14.5. The standard InChI is InChI=1S/C29H26ClNO3S3/c1-4-7-21-14-20(15-25(33-5-2)27(21)34-18-19-10-12-22(30)13-11-19)16-26-28(32)31(29(35)37-26)23-8-6-9-24(17-23)36-3/h4,6,8-17H,1,5,7,18H2,2-3H3/b26-16-. The molecule has 1 amide bonds. The number of hydrogen-bond donors (Lipinski definition) is 0. The summed E-state index contributed by atoms with van der Waals surface area (Å²) in [6.07, 6.45) is 6.26. The quantitative estimate of drug-likeness (QED) is 0.106. The van der Waals surface area contributed by atoms with Crippen molar-refractivity contribution in [1.82, 2.24) is 0 Å². The molecule has 0 aliphatic carbocycles. The summed E-state index contributed by atoms with van der Waals surface area (Å²) in [5, 5.41) is 0.679. The minimum absolute atomic E-state index is 0.139. The first-order valence-electron chi connectivity index (χ1n) is 11.6. The van der Waals surface area contributed by atoms with E-state index in [9.17, 15) is 4.79 Å². The van der Waals surface area contributed by atoms with E-state index in [0.29, 0.717) is 45.4 Å². The van der Waals surface area contributed by atoms with Crippen LogP contribution in [-0.4, -0.2) is 23.1 Å². The maximum absolute atomic E-state index is 13.4. The second-order valence-electron chi connectivity index (χ2n) is 8.07. The fraction of sp³-hybridized carbons (Fsp3) is 0.172. The van der Waals surface area contributed by atoms with Gasteiger partial charge in [-0.2, -0.15) is 0 Å². The van der Waals surface area contributed by atoms with Gasteiger partial charge in [0.05, 0.1) is 17.2 Å². The van der Waals surface area contributed by atoms with E-state index >= 15 is 0 Å². The molecule has 1 saturated heterocycles. The van der Waals surface area contributed by atoms with Crippen molar-refractivity contribution in [2.75, 3.05) is 17.8 Å². The van der Waals surface area contributed by atoms with Crippen LogP contribution in [0.2, 0.25) is 5.02 Å². The van der Waals surface area contributed by atoms with E-state index in [0.717, 1.165) is 27.3 Å². The van der Waals surface area contributed by atoms with Crippen molar-refractivity contribution < 1.29 is 14.3 Å². The largest absolute Gasteiger partial charge is 0.490 e. The van der Waals surface area contributed by atoms with Gasteiger partial charge in [0.25, 0.3) is 5.91 Å². The SMILES string of the molecule is C=CCc1cc(/C=C2\SC(=S)N(c3cccc(SC)c3)C2=O)cc(OCC)c1OCc1ccc(Cl)cc1. The van der Waals surface area contributed by atoms with Crippen LogP contribution in [0.1, 0.15) is 23.6 Å². The number of ether oxygens (including phenoxy) is 2. The average molecular weight is 568 g/mol. The number of benzene rings is 3. The number of hydrogen-bond acceptors (Lipinski definition) is 6. The monoisotopic (exact) mass is 567 g/mol. The lowest BCUT2D eigenvalue weighted by atomic mass is 10.0. The van der Waals surface area contributed by atoms with Crippen molar-refractivity contribution in [3.8, 4) is 11.5 Å². The van der Waals surface area contributed by atoms with Gasteiger partial charge < -0.3 is 9.47 Å². The number of carbonyl (C=O) groups is 1. The highest BCUT2D eigenvalue weighted by molar-refractivity contribution is 8.27. The van der Waals surface area contributed by atoms with E-state index in [1.54, 1.807) is 16.7 Å². The number of nitrogens with zero attached hydrogens (tertiary/aromatic N) is 1. The highest BCUT2D eigenvalue weighted by Gasteiger charge is 2.33. The number of thioether (sulfide) groups is 2. The fourth-order valence-corrected chi connectivity index (χ4v) is 5.71. The maximum Gasteiger partial charge on any atom is 0.270 e. The second-order valence-corrected chi connectivity index (χ2v) is 11.1. The van der Waals surface area contributed by atoms with Crippen LogP contribution < -0.4 is 14.4 Å². The Kier molecular flexibility index (Phi) is 9.38. The summed E-state index contributed by atoms with van der Waals surface area (Å²) in [6.45, 7) is 6.67. The molecule has 4 rings (SSSR count). The van der Waals surface area contributed by atoms with Gasteiger partial charge in [0.1, 0.15) is 6.61 Å². The van der Waals surface area contributed by atoms with E-state index < -0.39 is 0 Å². The number of thiocarbonyl (C=S) groups is 1. The van der Waals surface area contributed by atoms with Crippen LogP contribution >= 0.6 is 47.3 Å². The number of anilines is 1. The Labute approximate surface area is 236 Å². The number of amides is 1. The van der Waals surface area contributed by atoms with Crippen LogP contribution in [0, 0.1) is 0 Å². The van der Waals surface area contributed by atoms with Crippen LogP contribution in [-0.2, 0) is 17.8 Å². The Bertz CT molecular complexity index is 1360. The normalized spacial score (nSPS) is 14.4. The third-order valence-electron chi connectivity index (χ3n) is 5.52. The second kappa shape index (κ2) is 12.7. The average Bonchev–Trinajstić information content (AvgIpc) is 3.17. The lowest BCUT2D eigenvalue weighted by molar-refractivity contribution is -0.113. The third-order valence-corrected chi connectivity index (χ3v) is 7.80. The zero-order valence-corrected chi connectivity index (χ0v) is 23.7. The molecule has 3 aromatic rings. The molecule has 1 aliphatic rings. The summed E-state index contributed by atoms with van der Waals surface area (Å²) in [7, 11) is 0. The smallest absolute Gasteiger partial charge is 0.270 e. The van der Waals surface area contributed by atoms with Crippen molar-refractivity contribution in [3.63, 3.8) is 0 Å². The van der Waals surface area contributed by atoms with Gasteiger partial charge in [-0.05, 0) is 79.3 Å². The molecule has 0 spiro atoms. The summed E-state index contributed by atoms with van der Waals surface area (Å²) in [4.78, 5) is 16.6. The lowest BCUT2D eigenvalue weighted by Gasteiger charge is -2.17. The Balaban J connectivity index is 1.65. The van der Waals surface area contributed by atoms with Crippen molar-refractivity contribution in [3.05, 3.63) is 99.9 Å². The summed E-state index contributed by atoms with van der Waals surface area (Å²) >= 11 is 14.5. The topological polar surface area (TPSA) is 38.8 Å². The predicted molar refractivity (Wildman–Crippen MR) is 161 cm³/mol. The number of allylic oxidation sites excluding steroid dienone is 1. The van der Waals surface area contributed by atoms with Gasteiger partial charge in [0.15, 0.2) is 15.8 Å². The van der Waals surface area contributed by atoms with Gasteiger partial charge in [-0.1, -0.05) is 59.9 Å². The molecule has 0 radical (unpaired) electrons. The zero-order valence-electron chi connectivity index (χ0n) is 20.5. The molecule has 0 atom stereocenters. The molecule has 0 aromatic heterocycles. The van der Waals surface area contributed by atoms with Crippen LogP contribution in [0.3, 0.4) is 0 Å². The van der Waals surface area contributed by atoms with Gasteiger partial charge in [-0.25, -0.2) is 0 Å². The first kappa shape index (κ1) is 27.3. The third kappa shape index (κ3) is 6.60. The molecule has 0 unspecified atom stereocenters. The predicted octanol–water partition coefficient (Wildman–Crippen LogP) is 8.17. The van der Waals surface area contributed by atoms with Crippen molar-refractivity contribution in [1.29, 1.82) is 0 Å². The molecule has 4 nitrogen and oxygen atoms in total. The van der Waals surface area contributed by atoms with E-state index in [1.165, 1.54) is 11.8 Å². The van der Waals surface area contributed by atoms with Crippen LogP contribution in [0.4, 0.5) is 5.69 Å². The van der Waals surface area contributed by atoms with Crippen LogP contribution in [0.25, 0.3) is 6.08 Å². The summed E-state index contributed by atoms with van der Waals surface area (Å²) in [5.41, 5.74) is 3.52. The summed E-state index contributed by atoms with van der Waals surface area (Å²) in [5.74, 6) is 1.14. The van der Waals surface area contributed by atoms with Gasteiger partial charge in [0, 0.05) is 15.5 Å². The minimum Gasteiger partial charge on any atom is -0.490 e. The molecule has 0 bridgehead atoms. The van der Waals surface area contributed by atoms with E-state index in [4.69, 9.17) is 33.3 Å². The Morgan fingerprint density at radius 1 is 1.14 bits per heavy atom. The van der Waals surface area contributed by atoms with E-state index in [1.807, 2.05) is 86.0 Å². The molecule has 1 heterocycles. The first-order chi connectivity index (χ1) is 17.9. The van der Waals surface area contributed by atoms with Crippen molar-refractivity contribution in [2.24, 2.45) is 0 Å². The van der Waals surface area contributed by atoms with Crippen molar-refractivity contribution >= 4 is 69.3 Å². The van der Waals surface area contributed by atoms with Gasteiger partial charge in [-0.3, -0.25) is 9.69 Å². The van der Waals surface area contributed by atoms with Gasteiger partial charge in [0.2, 0.25) is 0 Å². The molecular formula is C29H26ClNO3S3. The molecule has 190 valence electrons. The molecule has 8 heteroatoms. The molecule has 0 saturated carbocycles. The van der Waals surface area contributed by atoms with Crippen LogP contribution in [0.5, 0.6) is 11.5 Å². The molecule has 1 fully saturated rings. The highest BCUT2D eigenvalue weighted by atomic mass is 35.5. The molecule has 3 aromatic carbocycles. The zero-order chi connectivity index (χ0) is 26.4. The molecular weight excluding hydrogens is 542 g/mol. The van der Waals surface area contributed by atoms with Crippen LogP contribution in [0.15, 0.2) is 83.1 Å². The van der Waals surface area contributed by atoms with Gasteiger partial charge in [-0.15, -0.1) is 18.3 Å². The summed E-state index contributed by atoms with van der Waals surface area (Å²) < 4.78 is 12.7. The molecule has 37 heavy (non-hydrogen) atoms. The Hall–Kier alpha value is -2.71. The maximum atomic E-state index is 13.4. The number of halogens is 1. The van der Waals surface area contributed by atoms with E-state index in [-0.39, 0.29) is 5.91 Å². The molecule has 0 N–H and O–H groups in total. The Morgan fingerprint density at radius 3 is 2.62 bits per heavy atom. The number of rotatable bonds is 10. The summed E-state index contributed by atoms with van der Waals surface area (Å²) in [6, 6.07) is 19.3.